The lowest BCUT2D eigenvalue weighted by Gasteiger charge is -2.34. The Labute approximate surface area is 143 Å². The number of aromatic hydroxyl groups is 1. The van der Waals surface area contributed by atoms with E-state index in [1.807, 2.05) is 19.1 Å². The molecule has 5 heteroatoms. The topological polar surface area (TPSA) is 62.4 Å². The molecule has 1 aromatic carbocycles. The lowest BCUT2D eigenvalue weighted by atomic mass is 9.90. The maximum Gasteiger partial charge on any atom is 0.243 e. The number of phenols is 1. The standard InChI is InChI=1S/C19H27N3O2/c1-3-18-20-19(24-21-18)14(2)22-12-10-16(11-13-22)5-4-15-6-8-17(23)9-7-15/h6-9,14,16,23H,3-5,10-13H2,1-2H3/t14-/m1/s1. The third-order valence-electron chi connectivity index (χ3n) is 5.13. The number of aryl methyl sites for hydroxylation is 2. The number of piperidine rings is 1. The van der Waals surface area contributed by atoms with Crippen LogP contribution in [0, 0.1) is 5.92 Å². The molecule has 1 atom stereocenters. The van der Waals surface area contributed by atoms with Crippen molar-refractivity contribution >= 4 is 0 Å². The first-order valence-corrected chi connectivity index (χ1v) is 9.00. The number of hydrogen-bond acceptors (Lipinski definition) is 5. The van der Waals surface area contributed by atoms with Gasteiger partial charge in [0, 0.05) is 6.42 Å². The molecule has 2 aromatic rings. The first kappa shape index (κ1) is 17.0. The van der Waals surface area contributed by atoms with Crippen LogP contribution in [0.2, 0.25) is 0 Å². The summed E-state index contributed by atoms with van der Waals surface area (Å²) in [5.74, 6) is 2.65. The molecule has 0 spiro atoms. The summed E-state index contributed by atoms with van der Waals surface area (Å²) >= 11 is 0. The quantitative estimate of drug-likeness (QED) is 0.874. The van der Waals surface area contributed by atoms with Crippen molar-refractivity contribution in [1.82, 2.24) is 15.0 Å². The van der Waals surface area contributed by atoms with E-state index >= 15 is 0 Å². The second kappa shape index (κ2) is 7.79. The summed E-state index contributed by atoms with van der Waals surface area (Å²) in [7, 11) is 0. The van der Waals surface area contributed by atoms with Crippen molar-refractivity contribution in [2.75, 3.05) is 13.1 Å². The van der Waals surface area contributed by atoms with Gasteiger partial charge in [-0.2, -0.15) is 4.98 Å². The second-order valence-corrected chi connectivity index (χ2v) is 6.76. The van der Waals surface area contributed by atoms with Gasteiger partial charge in [0.1, 0.15) is 5.75 Å². The maximum atomic E-state index is 9.34. The van der Waals surface area contributed by atoms with Gasteiger partial charge in [-0.1, -0.05) is 24.2 Å². The largest absolute Gasteiger partial charge is 0.508 e. The highest BCUT2D eigenvalue weighted by atomic mass is 16.5. The molecule has 0 radical (unpaired) electrons. The Morgan fingerprint density at radius 1 is 1.25 bits per heavy atom. The molecule has 0 saturated carbocycles. The molecule has 1 fully saturated rings. The Morgan fingerprint density at radius 2 is 1.96 bits per heavy atom. The summed E-state index contributed by atoms with van der Waals surface area (Å²) in [4.78, 5) is 6.91. The summed E-state index contributed by atoms with van der Waals surface area (Å²) in [6, 6.07) is 7.79. The molecule has 3 rings (SSSR count). The molecular weight excluding hydrogens is 302 g/mol. The van der Waals surface area contributed by atoms with E-state index in [1.165, 1.54) is 24.8 Å². The zero-order valence-corrected chi connectivity index (χ0v) is 14.6. The number of benzene rings is 1. The van der Waals surface area contributed by atoms with Gasteiger partial charge in [0.15, 0.2) is 5.82 Å². The molecule has 1 saturated heterocycles. The molecular formula is C19H27N3O2. The Morgan fingerprint density at radius 3 is 2.58 bits per heavy atom. The van der Waals surface area contributed by atoms with Crippen LogP contribution in [0.3, 0.4) is 0 Å². The predicted octanol–water partition coefficient (Wildman–Crippen LogP) is 3.74. The van der Waals surface area contributed by atoms with E-state index < -0.39 is 0 Å². The minimum Gasteiger partial charge on any atom is -0.508 e. The highest BCUT2D eigenvalue weighted by Gasteiger charge is 2.26. The Hall–Kier alpha value is -1.88. The molecule has 2 heterocycles. The van der Waals surface area contributed by atoms with E-state index in [4.69, 9.17) is 4.52 Å². The van der Waals surface area contributed by atoms with Gasteiger partial charge in [-0.25, -0.2) is 0 Å². The van der Waals surface area contributed by atoms with E-state index in [-0.39, 0.29) is 6.04 Å². The van der Waals surface area contributed by atoms with Crippen molar-refractivity contribution in [2.24, 2.45) is 5.92 Å². The second-order valence-electron chi connectivity index (χ2n) is 6.76. The van der Waals surface area contributed by atoms with Crippen molar-refractivity contribution < 1.29 is 9.63 Å². The van der Waals surface area contributed by atoms with E-state index in [0.29, 0.717) is 5.75 Å². The van der Waals surface area contributed by atoms with Crippen LogP contribution in [-0.2, 0) is 12.8 Å². The molecule has 0 amide bonds. The summed E-state index contributed by atoms with van der Waals surface area (Å²) < 4.78 is 5.39. The van der Waals surface area contributed by atoms with Crippen molar-refractivity contribution in [1.29, 1.82) is 0 Å². The third-order valence-corrected chi connectivity index (χ3v) is 5.13. The van der Waals surface area contributed by atoms with Crippen LogP contribution in [0.4, 0.5) is 0 Å². The number of hydrogen-bond donors (Lipinski definition) is 1. The molecule has 1 aromatic heterocycles. The first-order valence-electron chi connectivity index (χ1n) is 9.00. The minimum atomic E-state index is 0.204. The number of phenolic OH excluding ortho intramolecular Hbond substituents is 1. The molecule has 0 aliphatic carbocycles. The Bertz CT molecular complexity index is 630. The number of likely N-dealkylation sites (tertiary alicyclic amines) is 1. The van der Waals surface area contributed by atoms with E-state index in [0.717, 1.165) is 43.6 Å². The molecule has 1 aliphatic heterocycles. The van der Waals surface area contributed by atoms with Crippen molar-refractivity contribution in [2.45, 2.75) is 52.0 Å². The van der Waals surface area contributed by atoms with E-state index in [9.17, 15) is 5.11 Å². The number of nitrogens with zero attached hydrogens (tertiary/aromatic N) is 3. The molecule has 1 N–H and O–H groups in total. The van der Waals surface area contributed by atoms with Crippen LogP contribution in [0.25, 0.3) is 0 Å². The fourth-order valence-corrected chi connectivity index (χ4v) is 3.40. The van der Waals surface area contributed by atoms with Crippen molar-refractivity contribution in [3.8, 4) is 5.75 Å². The molecule has 0 bridgehead atoms. The fraction of sp³-hybridized carbons (Fsp3) is 0.579. The molecule has 1 aliphatic rings. The number of aromatic nitrogens is 2. The smallest absolute Gasteiger partial charge is 0.243 e. The van der Waals surface area contributed by atoms with Gasteiger partial charge in [-0.15, -0.1) is 0 Å². The Kier molecular flexibility index (Phi) is 5.51. The van der Waals surface area contributed by atoms with Crippen LogP contribution in [0.1, 0.15) is 56.4 Å². The van der Waals surface area contributed by atoms with E-state index in [2.05, 4.69) is 22.0 Å². The average Bonchev–Trinajstić information content (AvgIpc) is 3.10. The molecule has 0 unspecified atom stereocenters. The monoisotopic (exact) mass is 329 g/mol. The molecule has 5 nitrogen and oxygen atoms in total. The lowest BCUT2D eigenvalue weighted by molar-refractivity contribution is 0.117. The Balaban J connectivity index is 1.45. The maximum absolute atomic E-state index is 9.34. The summed E-state index contributed by atoms with van der Waals surface area (Å²) in [6.07, 6.45) is 5.56. The van der Waals surface area contributed by atoms with Crippen LogP contribution in [-0.4, -0.2) is 33.2 Å². The number of rotatable bonds is 6. The van der Waals surface area contributed by atoms with Gasteiger partial charge in [0.25, 0.3) is 0 Å². The van der Waals surface area contributed by atoms with Crippen LogP contribution in [0.5, 0.6) is 5.75 Å². The third kappa shape index (κ3) is 4.15. The van der Waals surface area contributed by atoms with Gasteiger partial charge in [0.2, 0.25) is 5.89 Å². The normalized spacial score (nSPS) is 17.9. The zero-order valence-electron chi connectivity index (χ0n) is 14.6. The molecule has 24 heavy (non-hydrogen) atoms. The predicted molar refractivity (Wildman–Crippen MR) is 92.8 cm³/mol. The SMILES string of the molecule is CCc1noc([C@@H](C)N2CCC(CCc3ccc(O)cc3)CC2)n1. The fourth-order valence-electron chi connectivity index (χ4n) is 3.40. The van der Waals surface area contributed by atoms with Gasteiger partial charge in [0.05, 0.1) is 6.04 Å². The van der Waals surface area contributed by atoms with Crippen LogP contribution >= 0.6 is 0 Å². The van der Waals surface area contributed by atoms with Crippen LogP contribution < -0.4 is 0 Å². The molecule has 130 valence electrons. The average molecular weight is 329 g/mol. The first-order chi connectivity index (χ1) is 11.7. The van der Waals surface area contributed by atoms with E-state index in [1.54, 1.807) is 12.1 Å². The van der Waals surface area contributed by atoms with Gasteiger partial charge in [-0.05, 0) is 69.3 Å². The van der Waals surface area contributed by atoms with Gasteiger partial charge < -0.3 is 9.63 Å². The van der Waals surface area contributed by atoms with Crippen LogP contribution in [0.15, 0.2) is 28.8 Å². The highest BCUT2D eigenvalue weighted by Crippen LogP contribution is 2.28. The van der Waals surface area contributed by atoms with Gasteiger partial charge in [-0.3, -0.25) is 4.90 Å². The van der Waals surface area contributed by atoms with Crippen molar-refractivity contribution in [3.63, 3.8) is 0 Å². The minimum absolute atomic E-state index is 0.204. The van der Waals surface area contributed by atoms with Crippen molar-refractivity contribution in [3.05, 3.63) is 41.5 Å². The zero-order chi connectivity index (χ0) is 16.9. The van der Waals surface area contributed by atoms with Gasteiger partial charge >= 0.3 is 0 Å². The summed E-state index contributed by atoms with van der Waals surface area (Å²) in [5.41, 5.74) is 1.31. The highest BCUT2D eigenvalue weighted by molar-refractivity contribution is 5.25. The summed E-state index contributed by atoms with van der Waals surface area (Å²) in [5, 5.41) is 13.3. The summed E-state index contributed by atoms with van der Waals surface area (Å²) in [6.45, 7) is 6.37. The lowest BCUT2D eigenvalue weighted by Crippen LogP contribution is -2.36.